The summed E-state index contributed by atoms with van der Waals surface area (Å²) in [6.07, 6.45) is -0.209. The van der Waals surface area contributed by atoms with E-state index in [-0.39, 0.29) is 35.3 Å². The maximum Gasteiger partial charge on any atom is 0.409 e. The number of anilines is 2. The molecule has 11 heteroatoms. The molecule has 0 bridgehead atoms. The molecular formula is C17H22N4O6S. The molecule has 0 fully saturated rings. The first-order valence-electron chi connectivity index (χ1n) is 8.79. The lowest BCUT2D eigenvalue weighted by Gasteiger charge is -2.34. The summed E-state index contributed by atoms with van der Waals surface area (Å²) in [5.41, 5.74) is 0.481. The van der Waals surface area contributed by atoms with Crippen LogP contribution in [0.4, 0.5) is 16.2 Å². The molecular weight excluding hydrogens is 388 g/mol. The van der Waals surface area contributed by atoms with Crippen LogP contribution in [0.15, 0.2) is 29.3 Å². The number of nitrogens with one attached hydrogen (secondary N) is 1. The van der Waals surface area contributed by atoms with E-state index >= 15 is 0 Å². The Bertz CT molecular complexity index is 988. The molecule has 0 saturated carbocycles. The number of rotatable bonds is 6. The van der Waals surface area contributed by atoms with Crippen molar-refractivity contribution in [3.63, 3.8) is 0 Å². The van der Waals surface area contributed by atoms with Crippen LogP contribution in [0.1, 0.15) is 20.8 Å². The SMILES string of the molecule is CCOc1nn(CC)cc1S(=O)(=O)N1CC(C)Oc2ccc(NC(=O)O)cc21. The lowest BCUT2D eigenvalue weighted by atomic mass is 10.2. The minimum absolute atomic E-state index is 0.0323. The van der Waals surface area contributed by atoms with Gasteiger partial charge in [-0.3, -0.25) is 14.3 Å². The molecule has 1 amide bonds. The summed E-state index contributed by atoms with van der Waals surface area (Å²) in [5.74, 6) is 0.379. The highest BCUT2D eigenvalue weighted by Gasteiger charge is 2.36. The van der Waals surface area contributed by atoms with Gasteiger partial charge in [-0.15, -0.1) is 5.10 Å². The Morgan fingerprint density at radius 2 is 2.18 bits per heavy atom. The number of carbonyl (C=O) groups is 1. The molecule has 0 spiro atoms. The number of hydrogen-bond donors (Lipinski definition) is 2. The van der Waals surface area contributed by atoms with Crippen molar-refractivity contribution in [1.82, 2.24) is 9.78 Å². The fraction of sp³-hybridized carbons (Fsp3) is 0.412. The van der Waals surface area contributed by atoms with E-state index in [0.717, 1.165) is 0 Å². The van der Waals surface area contributed by atoms with Crippen LogP contribution in [-0.2, 0) is 16.6 Å². The molecule has 1 unspecified atom stereocenters. The van der Waals surface area contributed by atoms with Gasteiger partial charge in [-0.1, -0.05) is 0 Å². The zero-order valence-electron chi connectivity index (χ0n) is 15.7. The third kappa shape index (κ3) is 3.70. The molecule has 10 nitrogen and oxygen atoms in total. The first-order valence-corrected chi connectivity index (χ1v) is 10.2. The predicted molar refractivity (Wildman–Crippen MR) is 102 cm³/mol. The van der Waals surface area contributed by atoms with Gasteiger partial charge in [-0.25, -0.2) is 13.2 Å². The van der Waals surface area contributed by atoms with Crippen LogP contribution in [0.25, 0.3) is 0 Å². The topological polar surface area (TPSA) is 123 Å². The molecule has 2 heterocycles. The van der Waals surface area contributed by atoms with Gasteiger partial charge < -0.3 is 14.6 Å². The summed E-state index contributed by atoms with van der Waals surface area (Å²) in [6.45, 7) is 6.17. The molecule has 1 aliphatic heterocycles. The van der Waals surface area contributed by atoms with E-state index in [1.807, 2.05) is 6.92 Å². The number of ether oxygens (including phenoxy) is 2. The summed E-state index contributed by atoms with van der Waals surface area (Å²) in [5, 5.41) is 15.3. The normalized spacial score (nSPS) is 16.2. The Labute approximate surface area is 162 Å². The van der Waals surface area contributed by atoms with Gasteiger partial charge in [0.2, 0.25) is 0 Å². The van der Waals surface area contributed by atoms with Crippen molar-refractivity contribution in [1.29, 1.82) is 0 Å². The van der Waals surface area contributed by atoms with E-state index in [2.05, 4.69) is 10.4 Å². The molecule has 1 atom stereocenters. The molecule has 2 N–H and O–H groups in total. The van der Waals surface area contributed by atoms with E-state index in [0.29, 0.717) is 12.3 Å². The highest BCUT2D eigenvalue weighted by atomic mass is 32.2. The van der Waals surface area contributed by atoms with E-state index in [4.69, 9.17) is 14.6 Å². The van der Waals surface area contributed by atoms with Crippen LogP contribution in [0.2, 0.25) is 0 Å². The number of hydrogen-bond acceptors (Lipinski definition) is 6. The van der Waals surface area contributed by atoms with Crippen molar-refractivity contribution in [3.05, 3.63) is 24.4 Å². The van der Waals surface area contributed by atoms with E-state index < -0.39 is 22.2 Å². The maximum atomic E-state index is 13.5. The van der Waals surface area contributed by atoms with Gasteiger partial charge in [-0.2, -0.15) is 0 Å². The molecule has 152 valence electrons. The second-order valence-corrected chi connectivity index (χ2v) is 8.00. The third-order valence-corrected chi connectivity index (χ3v) is 5.86. The Hall–Kier alpha value is -2.95. The average Bonchev–Trinajstić information content (AvgIpc) is 3.05. The number of aryl methyl sites for hydroxylation is 1. The van der Waals surface area contributed by atoms with E-state index in [1.165, 1.54) is 33.4 Å². The van der Waals surface area contributed by atoms with Crippen molar-refractivity contribution < 1.29 is 27.8 Å². The number of aromatic nitrogens is 2. The third-order valence-electron chi connectivity index (χ3n) is 4.10. The lowest BCUT2D eigenvalue weighted by molar-refractivity contribution is 0.209. The first kappa shape index (κ1) is 19.8. The summed E-state index contributed by atoms with van der Waals surface area (Å²) in [4.78, 5) is 10.9. The lowest BCUT2D eigenvalue weighted by Crippen LogP contribution is -2.42. The zero-order valence-corrected chi connectivity index (χ0v) is 16.6. The van der Waals surface area contributed by atoms with Crippen LogP contribution < -0.4 is 19.1 Å². The second kappa shape index (κ2) is 7.58. The molecule has 2 aromatic rings. The van der Waals surface area contributed by atoms with Crippen LogP contribution in [0.5, 0.6) is 11.6 Å². The maximum absolute atomic E-state index is 13.5. The Balaban J connectivity index is 2.10. The van der Waals surface area contributed by atoms with Gasteiger partial charge in [0.1, 0.15) is 11.9 Å². The average molecular weight is 410 g/mol. The second-order valence-electron chi connectivity index (χ2n) is 6.16. The summed E-state index contributed by atoms with van der Waals surface area (Å²) in [6, 6.07) is 4.48. The van der Waals surface area contributed by atoms with Crippen molar-refractivity contribution in [3.8, 4) is 11.6 Å². The van der Waals surface area contributed by atoms with Crippen LogP contribution in [-0.4, -0.2) is 48.7 Å². The van der Waals surface area contributed by atoms with Crippen molar-refractivity contribution in [2.24, 2.45) is 0 Å². The van der Waals surface area contributed by atoms with E-state index in [1.54, 1.807) is 13.8 Å². The monoisotopic (exact) mass is 410 g/mol. The number of amides is 1. The Kier molecular flexibility index (Phi) is 5.36. The fourth-order valence-corrected chi connectivity index (χ4v) is 4.53. The van der Waals surface area contributed by atoms with Crippen molar-refractivity contribution >= 4 is 27.5 Å². The Morgan fingerprint density at radius 3 is 2.82 bits per heavy atom. The Morgan fingerprint density at radius 1 is 1.43 bits per heavy atom. The summed E-state index contributed by atoms with van der Waals surface area (Å²) >= 11 is 0. The largest absolute Gasteiger partial charge is 0.487 e. The molecule has 3 rings (SSSR count). The first-order chi connectivity index (χ1) is 13.3. The van der Waals surface area contributed by atoms with Gasteiger partial charge in [0.25, 0.3) is 15.9 Å². The molecule has 1 aromatic carbocycles. The van der Waals surface area contributed by atoms with Crippen molar-refractivity contribution in [2.75, 3.05) is 22.8 Å². The highest BCUT2D eigenvalue weighted by Crippen LogP contribution is 2.40. The van der Waals surface area contributed by atoms with Crippen LogP contribution in [0, 0.1) is 0 Å². The van der Waals surface area contributed by atoms with Gasteiger partial charge in [0, 0.05) is 18.4 Å². The quantitative estimate of drug-likeness (QED) is 0.749. The van der Waals surface area contributed by atoms with Crippen LogP contribution in [0.3, 0.4) is 0 Å². The minimum atomic E-state index is -4.03. The molecule has 1 aliphatic rings. The van der Waals surface area contributed by atoms with Crippen molar-refractivity contribution in [2.45, 2.75) is 38.3 Å². The zero-order chi connectivity index (χ0) is 20.5. The van der Waals surface area contributed by atoms with E-state index in [9.17, 15) is 13.2 Å². The number of carboxylic acid groups (broad SMARTS) is 1. The summed E-state index contributed by atoms with van der Waals surface area (Å²) < 4.78 is 40.7. The molecule has 0 radical (unpaired) electrons. The van der Waals surface area contributed by atoms with Gasteiger partial charge >= 0.3 is 6.09 Å². The fourth-order valence-electron chi connectivity index (χ4n) is 2.91. The number of sulfonamides is 1. The van der Waals surface area contributed by atoms with Gasteiger partial charge in [0.05, 0.1) is 18.8 Å². The summed E-state index contributed by atoms with van der Waals surface area (Å²) in [7, 11) is -4.03. The number of benzene rings is 1. The minimum Gasteiger partial charge on any atom is -0.487 e. The molecule has 0 saturated heterocycles. The van der Waals surface area contributed by atoms with Gasteiger partial charge in [-0.05, 0) is 39.0 Å². The molecule has 28 heavy (non-hydrogen) atoms. The molecule has 1 aromatic heterocycles. The number of fused-ring (bicyclic) bond motifs is 1. The predicted octanol–water partition coefficient (Wildman–Crippen LogP) is 2.37. The highest BCUT2D eigenvalue weighted by molar-refractivity contribution is 7.93. The number of nitrogens with zero attached hydrogens (tertiary/aromatic N) is 3. The standard InChI is InChI=1S/C17H22N4O6S/c1-4-20-10-15(16(19-20)26-5-2)28(24,25)21-9-11(3)27-14-7-6-12(8-13(14)21)18-17(22)23/h6-8,10-11,18H,4-5,9H2,1-3H3,(H,22,23). The molecule has 0 aliphatic carbocycles. The van der Waals surface area contributed by atoms with Crippen LogP contribution >= 0.6 is 0 Å². The van der Waals surface area contributed by atoms with Gasteiger partial charge in [0.15, 0.2) is 4.90 Å². The smallest absolute Gasteiger partial charge is 0.409 e.